The van der Waals surface area contributed by atoms with E-state index in [1.54, 1.807) is 6.07 Å². The predicted molar refractivity (Wildman–Crippen MR) is 40.4 cm³/mol. The first-order valence-corrected chi connectivity index (χ1v) is 3.28. The van der Waals surface area contributed by atoms with Crippen LogP contribution in [-0.4, -0.2) is 22.7 Å². The Labute approximate surface area is 69.2 Å². The Hall–Kier alpha value is -1.78. The van der Waals surface area contributed by atoms with E-state index in [1.165, 1.54) is 18.5 Å². The van der Waals surface area contributed by atoms with Gasteiger partial charge in [-0.25, -0.2) is 4.79 Å². The van der Waals surface area contributed by atoms with Crippen LogP contribution in [0.15, 0.2) is 31.1 Å². The lowest BCUT2D eigenvalue weighted by molar-refractivity contribution is 0.0441. The van der Waals surface area contributed by atoms with E-state index in [0.717, 1.165) is 4.85 Å². The smallest absolute Gasteiger partial charge is 0.428 e. The quantitative estimate of drug-likeness (QED) is 0.490. The number of hydrogen-bond donors (Lipinski definition) is 0. The van der Waals surface area contributed by atoms with Crippen LogP contribution < -0.4 is 4.84 Å². The molecule has 0 spiro atoms. The Morgan fingerprint density at radius 2 is 2.58 bits per heavy atom. The molecule has 0 bridgehead atoms. The zero-order valence-electron chi connectivity index (χ0n) is 6.34. The third-order valence-corrected chi connectivity index (χ3v) is 0.967. The summed E-state index contributed by atoms with van der Waals surface area (Å²) in [6, 6.07) is 1.63. The van der Waals surface area contributed by atoms with Gasteiger partial charge < -0.3 is 4.74 Å². The molecule has 0 fully saturated rings. The third-order valence-electron chi connectivity index (χ3n) is 0.967. The largest absolute Gasteiger partial charge is 0.535 e. The van der Waals surface area contributed by atoms with Gasteiger partial charge in [-0.1, -0.05) is 17.5 Å². The molecule has 0 saturated carbocycles. The molecule has 0 unspecified atom stereocenters. The minimum Gasteiger partial charge on any atom is -0.428 e. The van der Waals surface area contributed by atoms with E-state index in [2.05, 4.69) is 21.3 Å². The standard InChI is InChI=1S/C7H8N2O3/c1-2-6-11-7(10)12-9-5-3-4-8-9/h2-5H,1,6H2. The number of aromatic nitrogens is 2. The molecule has 0 aliphatic heterocycles. The molecule has 1 aromatic heterocycles. The molecular weight excluding hydrogens is 160 g/mol. The van der Waals surface area contributed by atoms with E-state index >= 15 is 0 Å². The molecule has 1 rings (SSSR count). The first-order valence-electron chi connectivity index (χ1n) is 3.28. The lowest BCUT2D eigenvalue weighted by Crippen LogP contribution is -2.21. The molecule has 1 heterocycles. The van der Waals surface area contributed by atoms with Crippen LogP contribution in [0, 0.1) is 0 Å². The average Bonchev–Trinajstić information content (AvgIpc) is 2.53. The van der Waals surface area contributed by atoms with Crippen molar-refractivity contribution >= 4 is 6.16 Å². The summed E-state index contributed by atoms with van der Waals surface area (Å²) in [4.78, 5) is 16.3. The Kier molecular flexibility index (Phi) is 2.89. The maximum atomic E-state index is 10.7. The second-order valence-electron chi connectivity index (χ2n) is 1.85. The Morgan fingerprint density at radius 1 is 1.75 bits per heavy atom. The van der Waals surface area contributed by atoms with Gasteiger partial charge in [0.25, 0.3) is 0 Å². The van der Waals surface area contributed by atoms with Crippen LogP contribution in [0.4, 0.5) is 4.79 Å². The van der Waals surface area contributed by atoms with Gasteiger partial charge in [0.1, 0.15) is 6.61 Å². The summed E-state index contributed by atoms with van der Waals surface area (Å²) in [5.41, 5.74) is 0. The molecule has 1 aromatic rings. The van der Waals surface area contributed by atoms with Crippen molar-refractivity contribution in [2.75, 3.05) is 6.61 Å². The lowest BCUT2D eigenvalue weighted by Gasteiger charge is -2.01. The van der Waals surface area contributed by atoms with Gasteiger partial charge >= 0.3 is 6.16 Å². The summed E-state index contributed by atoms with van der Waals surface area (Å²) in [6.45, 7) is 3.50. The predicted octanol–water partition coefficient (Wildman–Crippen LogP) is 0.634. The van der Waals surface area contributed by atoms with Crippen molar-refractivity contribution in [2.24, 2.45) is 0 Å². The van der Waals surface area contributed by atoms with Crippen molar-refractivity contribution in [1.82, 2.24) is 9.94 Å². The number of carbonyl (C=O) groups is 1. The monoisotopic (exact) mass is 168 g/mol. The van der Waals surface area contributed by atoms with Gasteiger partial charge in [-0.2, -0.15) is 0 Å². The van der Waals surface area contributed by atoms with E-state index in [-0.39, 0.29) is 6.61 Å². The molecule has 12 heavy (non-hydrogen) atoms. The number of rotatable bonds is 3. The molecule has 64 valence electrons. The van der Waals surface area contributed by atoms with Crippen molar-refractivity contribution in [3.8, 4) is 0 Å². The van der Waals surface area contributed by atoms with Gasteiger partial charge in [-0.05, 0) is 6.07 Å². The summed E-state index contributed by atoms with van der Waals surface area (Å²) in [6.07, 6.45) is 3.61. The van der Waals surface area contributed by atoms with Crippen molar-refractivity contribution in [3.63, 3.8) is 0 Å². The van der Waals surface area contributed by atoms with Gasteiger partial charge in [0.05, 0.1) is 12.4 Å². The highest BCUT2D eigenvalue weighted by molar-refractivity contribution is 5.60. The van der Waals surface area contributed by atoms with E-state index in [0.29, 0.717) is 0 Å². The molecule has 0 atom stereocenters. The van der Waals surface area contributed by atoms with E-state index < -0.39 is 6.16 Å². The highest BCUT2D eigenvalue weighted by Crippen LogP contribution is 1.84. The second kappa shape index (κ2) is 4.17. The molecule has 0 radical (unpaired) electrons. The fourth-order valence-electron chi connectivity index (χ4n) is 0.538. The van der Waals surface area contributed by atoms with Crippen molar-refractivity contribution < 1.29 is 14.4 Å². The summed E-state index contributed by atoms with van der Waals surface area (Å²) in [5.74, 6) is 0. The van der Waals surface area contributed by atoms with Gasteiger partial charge in [-0.15, -0.1) is 5.10 Å². The van der Waals surface area contributed by atoms with Crippen LogP contribution in [-0.2, 0) is 4.74 Å². The number of carbonyl (C=O) groups excluding carboxylic acids is 1. The number of hydrogen-bond acceptors (Lipinski definition) is 4. The van der Waals surface area contributed by atoms with Crippen LogP contribution in [0.5, 0.6) is 0 Å². The maximum Gasteiger partial charge on any atom is 0.535 e. The van der Waals surface area contributed by atoms with Crippen LogP contribution >= 0.6 is 0 Å². The van der Waals surface area contributed by atoms with E-state index in [4.69, 9.17) is 0 Å². The minimum atomic E-state index is -0.807. The zero-order valence-corrected chi connectivity index (χ0v) is 6.34. The number of ether oxygens (including phenoxy) is 1. The van der Waals surface area contributed by atoms with Crippen LogP contribution in [0.25, 0.3) is 0 Å². The van der Waals surface area contributed by atoms with Crippen molar-refractivity contribution in [3.05, 3.63) is 31.1 Å². The summed E-state index contributed by atoms with van der Waals surface area (Å²) in [5, 5.41) is 3.63. The minimum absolute atomic E-state index is 0.125. The molecule has 0 amide bonds. The SMILES string of the molecule is C=CCOC(=O)On1cccn1. The molecular formula is C7H8N2O3. The molecule has 0 aliphatic rings. The van der Waals surface area contributed by atoms with Crippen molar-refractivity contribution in [2.45, 2.75) is 0 Å². The Morgan fingerprint density at radius 3 is 3.17 bits per heavy atom. The Bertz CT molecular complexity index is 256. The molecule has 0 aromatic carbocycles. The average molecular weight is 168 g/mol. The fraction of sp³-hybridized carbons (Fsp3) is 0.143. The first kappa shape index (κ1) is 8.32. The van der Waals surface area contributed by atoms with Crippen molar-refractivity contribution in [1.29, 1.82) is 0 Å². The van der Waals surface area contributed by atoms with E-state index in [1.807, 2.05) is 0 Å². The topological polar surface area (TPSA) is 53.4 Å². The highest BCUT2D eigenvalue weighted by Gasteiger charge is 2.02. The summed E-state index contributed by atoms with van der Waals surface area (Å²) < 4.78 is 4.52. The normalized spacial score (nSPS) is 9.00. The molecule has 0 saturated heterocycles. The third kappa shape index (κ3) is 2.45. The Balaban J connectivity index is 2.32. The second-order valence-corrected chi connectivity index (χ2v) is 1.85. The molecule has 5 heteroatoms. The fourth-order valence-corrected chi connectivity index (χ4v) is 0.538. The van der Waals surface area contributed by atoms with Gasteiger partial charge in [-0.3, -0.25) is 4.84 Å². The van der Waals surface area contributed by atoms with Crippen LogP contribution in [0.1, 0.15) is 0 Å². The van der Waals surface area contributed by atoms with Gasteiger partial charge in [0.2, 0.25) is 0 Å². The first-order chi connectivity index (χ1) is 5.83. The molecule has 0 N–H and O–H groups in total. The van der Waals surface area contributed by atoms with Crippen LogP contribution in [0.3, 0.4) is 0 Å². The summed E-state index contributed by atoms with van der Waals surface area (Å²) in [7, 11) is 0. The lowest BCUT2D eigenvalue weighted by atomic mass is 10.7. The molecule has 5 nitrogen and oxygen atoms in total. The summed E-state index contributed by atoms with van der Waals surface area (Å²) >= 11 is 0. The highest BCUT2D eigenvalue weighted by atomic mass is 16.8. The van der Waals surface area contributed by atoms with E-state index in [9.17, 15) is 4.79 Å². The van der Waals surface area contributed by atoms with Gasteiger partial charge in [0.15, 0.2) is 0 Å². The molecule has 0 aliphatic carbocycles. The van der Waals surface area contributed by atoms with Crippen LogP contribution in [0.2, 0.25) is 0 Å². The van der Waals surface area contributed by atoms with Gasteiger partial charge in [0, 0.05) is 0 Å². The zero-order chi connectivity index (χ0) is 8.81. The maximum absolute atomic E-state index is 10.7. The number of nitrogens with zero attached hydrogens (tertiary/aromatic N) is 2.